The minimum Gasteiger partial charge on any atom is -0.206 e. The molecule has 16 heavy (non-hydrogen) atoms. The molecule has 0 unspecified atom stereocenters. The molecule has 0 N–H and O–H groups in total. The van der Waals surface area contributed by atoms with Crippen LogP contribution in [-0.4, -0.2) is 0 Å². The topological polar surface area (TPSA) is 0 Å². The van der Waals surface area contributed by atoms with Gasteiger partial charge in [-0.2, -0.15) is 0 Å². The Bertz CT molecular complexity index is 526. The standard InChI is InChI=1S/C15H15F/c1-3-4-5-12-9-13-7-6-11(2)8-14(13)15(16)10-12/h3,6-10H,1,4-5H2,2H3. The van der Waals surface area contributed by atoms with Gasteiger partial charge in [-0.3, -0.25) is 0 Å². The van der Waals surface area contributed by atoms with Crippen molar-refractivity contribution in [1.82, 2.24) is 0 Å². The van der Waals surface area contributed by atoms with Gasteiger partial charge in [0.1, 0.15) is 5.82 Å². The molecular formula is C15H15F. The second-order valence-corrected chi connectivity index (χ2v) is 4.13. The molecular weight excluding hydrogens is 199 g/mol. The second-order valence-electron chi connectivity index (χ2n) is 4.13. The zero-order chi connectivity index (χ0) is 11.5. The quantitative estimate of drug-likeness (QED) is 0.664. The molecule has 0 heterocycles. The van der Waals surface area contributed by atoms with Crippen molar-refractivity contribution in [2.45, 2.75) is 19.8 Å². The fraction of sp³-hybridized carbons (Fsp3) is 0.200. The van der Waals surface area contributed by atoms with Gasteiger partial charge < -0.3 is 0 Å². The number of allylic oxidation sites excluding steroid dienone is 1. The van der Waals surface area contributed by atoms with Gasteiger partial charge in [-0.05, 0) is 42.8 Å². The average Bonchev–Trinajstić information content (AvgIpc) is 2.27. The summed E-state index contributed by atoms with van der Waals surface area (Å²) >= 11 is 0. The molecule has 0 saturated carbocycles. The molecule has 0 nitrogen and oxygen atoms in total. The Morgan fingerprint density at radius 2 is 2.06 bits per heavy atom. The van der Waals surface area contributed by atoms with Crippen LogP contribution in [-0.2, 0) is 6.42 Å². The maximum Gasteiger partial charge on any atom is 0.131 e. The highest BCUT2D eigenvalue weighted by molar-refractivity contribution is 5.84. The first-order valence-electron chi connectivity index (χ1n) is 5.50. The summed E-state index contributed by atoms with van der Waals surface area (Å²) in [5.74, 6) is -0.125. The summed E-state index contributed by atoms with van der Waals surface area (Å²) < 4.78 is 13.8. The molecule has 2 rings (SSSR count). The molecule has 0 fully saturated rings. The monoisotopic (exact) mass is 214 g/mol. The van der Waals surface area contributed by atoms with Crippen LogP contribution in [0.4, 0.5) is 4.39 Å². The predicted molar refractivity (Wildman–Crippen MR) is 67.2 cm³/mol. The first kappa shape index (κ1) is 10.9. The highest BCUT2D eigenvalue weighted by Gasteiger charge is 2.03. The average molecular weight is 214 g/mol. The first-order chi connectivity index (χ1) is 7.70. The molecule has 1 heteroatoms. The SMILES string of the molecule is C=CCCc1cc(F)c2cc(C)ccc2c1. The van der Waals surface area contributed by atoms with Gasteiger partial charge in [-0.25, -0.2) is 4.39 Å². The maximum atomic E-state index is 13.8. The lowest BCUT2D eigenvalue weighted by Crippen LogP contribution is -1.88. The van der Waals surface area contributed by atoms with E-state index in [9.17, 15) is 4.39 Å². The van der Waals surface area contributed by atoms with Gasteiger partial charge in [0.2, 0.25) is 0 Å². The largest absolute Gasteiger partial charge is 0.206 e. The fourth-order valence-corrected chi connectivity index (χ4v) is 1.90. The van der Waals surface area contributed by atoms with Crippen molar-refractivity contribution in [3.8, 4) is 0 Å². The van der Waals surface area contributed by atoms with Crippen molar-refractivity contribution in [3.05, 3.63) is 59.9 Å². The molecule has 0 aliphatic heterocycles. The van der Waals surface area contributed by atoms with Crippen molar-refractivity contribution >= 4 is 10.8 Å². The third kappa shape index (κ3) is 2.13. The van der Waals surface area contributed by atoms with E-state index >= 15 is 0 Å². The fourth-order valence-electron chi connectivity index (χ4n) is 1.90. The Kier molecular flexibility index (Phi) is 3.04. The van der Waals surface area contributed by atoms with E-state index in [2.05, 4.69) is 12.6 Å². The van der Waals surface area contributed by atoms with E-state index in [0.29, 0.717) is 5.39 Å². The molecule has 2 aromatic carbocycles. The highest BCUT2D eigenvalue weighted by Crippen LogP contribution is 2.22. The lowest BCUT2D eigenvalue weighted by atomic mass is 10.0. The van der Waals surface area contributed by atoms with Gasteiger partial charge in [0, 0.05) is 5.39 Å². The normalized spacial score (nSPS) is 10.6. The van der Waals surface area contributed by atoms with E-state index in [1.807, 2.05) is 31.2 Å². The molecule has 0 atom stereocenters. The van der Waals surface area contributed by atoms with Crippen molar-refractivity contribution in [3.63, 3.8) is 0 Å². The van der Waals surface area contributed by atoms with E-state index in [1.165, 1.54) is 0 Å². The van der Waals surface area contributed by atoms with E-state index in [0.717, 1.165) is 29.4 Å². The van der Waals surface area contributed by atoms with Gasteiger partial charge in [-0.15, -0.1) is 6.58 Å². The smallest absolute Gasteiger partial charge is 0.131 e. The van der Waals surface area contributed by atoms with Crippen LogP contribution in [0.5, 0.6) is 0 Å². The van der Waals surface area contributed by atoms with Gasteiger partial charge in [0.05, 0.1) is 0 Å². The maximum absolute atomic E-state index is 13.8. The third-order valence-corrected chi connectivity index (χ3v) is 2.76. The Morgan fingerprint density at radius 3 is 2.81 bits per heavy atom. The Hall–Kier alpha value is -1.63. The van der Waals surface area contributed by atoms with Crippen LogP contribution in [0.3, 0.4) is 0 Å². The van der Waals surface area contributed by atoms with E-state index in [-0.39, 0.29) is 5.82 Å². The number of benzene rings is 2. The minimum atomic E-state index is -0.125. The summed E-state index contributed by atoms with van der Waals surface area (Å²) in [7, 11) is 0. The zero-order valence-electron chi connectivity index (χ0n) is 9.46. The summed E-state index contributed by atoms with van der Waals surface area (Å²) in [6, 6.07) is 9.57. The number of aryl methyl sites for hydroxylation is 2. The molecule has 0 aromatic heterocycles. The molecule has 0 saturated heterocycles. The number of hydrogen-bond donors (Lipinski definition) is 0. The third-order valence-electron chi connectivity index (χ3n) is 2.76. The molecule has 0 aliphatic rings. The second kappa shape index (κ2) is 4.48. The Morgan fingerprint density at radius 1 is 1.25 bits per heavy atom. The number of hydrogen-bond acceptors (Lipinski definition) is 0. The molecule has 2 aromatic rings. The zero-order valence-corrected chi connectivity index (χ0v) is 9.46. The van der Waals surface area contributed by atoms with Crippen molar-refractivity contribution in [1.29, 1.82) is 0 Å². The van der Waals surface area contributed by atoms with Crippen LogP contribution >= 0.6 is 0 Å². The first-order valence-corrected chi connectivity index (χ1v) is 5.50. The number of halogens is 1. The van der Waals surface area contributed by atoms with Gasteiger partial charge in [0.25, 0.3) is 0 Å². The van der Waals surface area contributed by atoms with Crippen LogP contribution in [0.15, 0.2) is 43.0 Å². The van der Waals surface area contributed by atoms with Crippen LogP contribution < -0.4 is 0 Å². The summed E-state index contributed by atoms with van der Waals surface area (Å²) in [5.41, 5.74) is 2.12. The van der Waals surface area contributed by atoms with Crippen LogP contribution in [0.25, 0.3) is 10.8 Å². The van der Waals surface area contributed by atoms with E-state index in [1.54, 1.807) is 6.07 Å². The summed E-state index contributed by atoms with van der Waals surface area (Å²) in [4.78, 5) is 0. The Labute approximate surface area is 95.4 Å². The van der Waals surface area contributed by atoms with Gasteiger partial charge in [-0.1, -0.05) is 29.8 Å². The van der Waals surface area contributed by atoms with Crippen LogP contribution in [0, 0.1) is 12.7 Å². The molecule has 0 radical (unpaired) electrons. The van der Waals surface area contributed by atoms with Gasteiger partial charge in [0.15, 0.2) is 0 Å². The molecule has 0 aliphatic carbocycles. The van der Waals surface area contributed by atoms with Crippen LogP contribution in [0.2, 0.25) is 0 Å². The highest BCUT2D eigenvalue weighted by atomic mass is 19.1. The van der Waals surface area contributed by atoms with Crippen molar-refractivity contribution < 1.29 is 4.39 Å². The van der Waals surface area contributed by atoms with E-state index in [4.69, 9.17) is 0 Å². The number of rotatable bonds is 3. The summed E-state index contributed by atoms with van der Waals surface area (Å²) in [5, 5.41) is 1.69. The van der Waals surface area contributed by atoms with Crippen molar-refractivity contribution in [2.24, 2.45) is 0 Å². The summed E-state index contributed by atoms with van der Waals surface area (Å²) in [6.07, 6.45) is 3.60. The molecule has 0 amide bonds. The van der Waals surface area contributed by atoms with Crippen molar-refractivity contribution in [2.75, 3.05) is 0 Å². The minimum absolute atomic E-state index is 0.125. The molecule has 0 bridgehead atoms. The lowest BCUT2D eigenvalue weighted by molar-refractivity contribution is 0.637. The van der Waals surface area contributed by atoms with E-state index < -0.39 is 0 Å². The predicted octanol–water partition coefficient (Wildman–Crippen LogP) is 4.41. The lowest BCUT2D eigenvalue weighted by Gasteiger charge is -2.05. The molecule has 0 spiro atoms. The number of fused-ring (bicyclic) bond motifs is 1. The molecule has 82 valence electrons. The van der Waals surface area contributed by atoms with Gasteiger partial charge >= 0.3 is 0 Å². The van der Waals surface area contributed by atoms with Crippen LogP contribution in [0.1, 0.15) is 17.5 Å². The summed E-state index contributed by atoms with van der Waals surface area (Å²) in [6.45, 7) is 5.66. The Balaban J connectivity index is 2.50.